The molecule has 2 N–H and O–H groups in total. The molecular formula is C24H24N2O7S. The summed E-state index contributed by atoms with van der Waals surface area (Å²) in [6.07, 6.45) is 0.812. The first kappa shape index (κ1) is 23.5. The van der Waals surface area contributed by atoms with E-state index in [-0.39, 0.29) is 36.1 Å². The molecule has 0 bridgehead atoms. The molecule has 0 spiro atoms. The van der Waals surface area contributed by atoms with Gasteiger partial charge in [0, 0.05) is 46.2 Å². The highest BCUT2D eigenvalue weighted by molar-refractivity contribution is 7.10. The summed E-state index contributed by atoms with van der Waals surface area (Å²) in [5.74, 6) is -2.41. The maximum Gasteiger partial charge on any atom is 0.336 e. The standard InChI is InChI=1S/C24H24N2O7S/c1-4-33-24(29)20-12(2)25-15-8-13(19-6-5-7-34-19)10-17(27)22(15)21(20)14-9-16(26(30)31)23(28)18(11-14)32-3/h5-7,9,11,13,21,25,28H,4,8,10H2,1-3H3/t13-,21+/m0/s1. The Morgan fingerprint density at radius 3 is 2.74 bits per heavy atom. The number of benzene rings is 1. The van der Waals surface area contributed by atoms with Gasteiger partial charge in [0.25, 0.3) is 0 Å². The largest absolute Gasteiger partial charge is 0.500 e. The number of nitro groups is 1. The summed E-state index contributed by atoms with van der Waals surface area (Å²) in [6.45, 7) is 3.52. The fourth-order valence-corrected chi connectivity index (χ4v) is 5.48. The number of hydrogen-bond donors (Lipinski definition) is 2. The topological polar surface area (TPSA) is 128 Å². The molecule has 2 aromatic rings. The second kappa shape index (κ2) is 9.30. The van der Waals surface area contributed by atoms with Gasteiger partial charge < -0.3 is 19.9 Å². The SMILES string of the molecule is CCOC(=O)C1=C(C)NC2=C(C(=O)C[C@@H](c3cccs3)C2)[C@@H]1c1cc(OC)c(O)c([N+](=O)[O-])c1. The van der Waals surface area contributed by atoms with Crippen LogP contribution in [0, 0.1) is 10.1 Å². The summed E-state index contributed by atoms with van der Waals surface area (Å²) >= 11 is 1.58. The monoisotopic (exact) mass is 484 g/mol. The third kappa shape index (κ3) is 4.05. The number of carbonyl (C=O) groups excluding carboxylic acids is 2. The second-order valence-electron chi connectivity index (χ2n) is 8.10. The van der Waals surface area contributed by atoms with Gasteiger partial charge in [-0.15, -0.1) is 11.3 Å². The maximum atomic E-state index is 13.5. The van der Waals surface area contributed by atoms with Crippen molar-refractivity contribution in [2.24, 2.45) is 0 Å². The van der Waals surface area contributed by atoms with Gasteiger partial charge in [-0.05, 0) is 43.3 Å². The van der Waals surface area contributed by atoms with Crippen LogP contribution < -0.4 is 10.1 Å². The van der Waals surface area contributed by atoms with Gasteiger partial charge in [0.1, 0.15) is 0 Å². The van der Waals surface area contributed by atoms with Crippen molar-refractivity contribution in [1.29, 1.82) is 0 Å². The molecular weight excluding hydrogens is 460 g/mol. The summed E-state index contributed by atoms with van der Waals surface area (Å²) in [6, 6.07) is 6.55. The Bertz CT molecular complexity index is 1230. The first-order valence-corrected chi connectivity index (χ1v) is 11.6. The Morgan fingerprint density at radius 2 is 2.12 bits per heavy atom. The lowest BCUT2D eigenvalue weighted by Crippen LogP contribution is -2.36. The maximum absolute atomic E-state index is 13.5. The number of thiophene rings is 1. The minimum Gasteiger partial charge on any atom is -0.500 e. The molecule has 1 aromatic heterocycles. The third-order valence-corrected chi connectivity index (χ3v) is 7.13. The third-order valence-electron chi connectivity index (χ3n) is 6.10. The molecule has 178 valence electrons. The number of phenols is 1. The van der Waals surface area contributed by atoms with E-state index in [1.807, 2.05) is 17.5 Å². The summed E-state index contributed by atoms with van der Waals surface area (Å²) in [5.41, 5.74) is 1.49. The number of Topliss-reactive ketones (excluding diaryl/α,β-unsaturated/α-hetero) is 1. The van der Waals surface area contributed by atoms with Crippen LogP contribution in [0.4, 0.5) is 5.69 Å². The highest BCUT2D eigenvalue weighted by Crippen LogP contribution is 2.49. The van der Waals surface area contributed by atoms with Crippen molar-refractivity contribution >= 4 is 28.8 Å². The molecule has 0 radical (unpaired) electrons. The van der Waals surface area contributed by atoms with Gasteiger partial charge in [0.15, 0.2) is 11.5 Å². The molecule has 1 aliphatic heterocycles. The number of nitrogens with zero attached hydrogens (tertiary/aromatic N) is 1. The molecule has 4 rings (SSSR count). The number of hydrogen-bond acceptors (Lipinski definition) is 9. The summed E-state index contributed by atoms with van der Waals surface area (Å²) in [5, 5.41) is 27.1. The van der Waals surface area contributed by atoms with E-state index < -0.39 is 28.2 Å². The quantitative estimate of drug-likeness (QED) is 0.353. The molecule has 10 heteroatoms. The first-order chi connectivity index (χ1) is 16.3. The van der Waals surface area contributed by atoms with E-state index in [2.05, 4.69) is 5.32 Å². The number of nitrogens with one attached hydrogen (secondary N) is 1. The Balaban J connectivity index is 1.91. The molecule has 0 amide bonds. The molecule has 0 saturated heterocycles. The second-order valence-corrected chi connectivity index (χ2v) is 9.08. The van der Waals surface area contributed by atoms with Gasteiger partial charge in [-0.25, -0.2) is 4.79 Å². The smallest absolute Gasteiger partial charge is 0.336 e. The van der Waals surface area contributed by atoms with E-state index in [1.165, 1.54) is 19.2 Å². The summed E-state index contributed by atoms with van der Waals surface area (Å²) < 4.78 is 10.4. The van der Waals surface area contributed by atoms with Crippen LogP contribution in [0.15, 0.2) is 52.2 Å². The molecule has 0 unspecified atom stereocenters. The average molecular weight is 485 g/mol. The Hall–Kier alpha value is -3.66. The number of ether oxygens (including phenoxy) is 2. The molecule has 1 aromatic carbocycles. The van der Waals surface area contributed by atoms with Crippen molar-refractivity contribution in [1.82, 2.24) is 5.32 Å². The minimum absolute atomic E-state index is 0.0000309. The average Bonchev–Trinajstić information content (AvgIpc) is 3.33. The molecule has 1 aliphatic carbocycles. The van der Waals surface area contributed by atoms with E-state index in [0.717, 1.165) is 4.88 Å². The van der Waals surface area contributed by atoms with Gasteiger partial charge in [0.2, 0.25) is 5.75 Å². The molecule has 0 saturated carbocycles. The van der Waals surface area contributed by atoms with Gasteiger partial charge >= 0.3 is 11.7 Å². The molecule has 34 heavy (non-hydrogen) atoms. The number of dihydropyridines is 1. The zero-order valence-corrected chi connectivity index (χ0v) is 19.7. The van der Waals surface area contributed by atoms with Crippen LogP contribution in [0.2, 0.25) is 0 Å². The molecule has 9 nitrogen and oxygen atoms in total. The molecule has 2 aliphatic rings. The van der Waals surface area contributed by atoms with E-state index in [1.54, 1.807) is 25.2 Å². The number of rotatable bonds is 6. The highest BCUT2D eigenvalue weighted by atomic mass is 32.1. The Morgan fingerprint density at radius 1 is 1.35 bits per heavy atom. The van der Waals surface area contributed by atoms with Crippen LogP contribution in [0.3, 0.4) is 0 Å². The van der Waals surface area contributed by atoms with Crippen LogP contribution in [0.5, 0.6) is 11.5 Å². The van der Waals surface area contributed by atoms with Crippen molar-refractivity contribution in [3.8, 4) is 11.5 Å². The Labute approximate surface area is 199 Å². The number of phenolic OH excluding ortho intramolecular Hbond substituents is 1. The lowest BCUT2D eigenvalue weighted by Gasteiger charge is -2.36. The molecule has 2 atom stereocenters. The summed E-state index contributed by atoms with van der Waals surface area (Å²) in [4.78, 5) is 38.5. The van der Waals surface area contributed by atoms with Crippen molar-refractivity contribution < 1.29 is 29.1 Å². The number of ketones is 1. The summed E-state index contributed by atoms with van der Waals surface area (Å²) in [7, 11) is 1.28. The number of carbonyl (C=O) groups is 2. The van der Waals surface area contributed by atoms with Gasteiger partial charge in [-0.3, -0.25) is 14.9 Å². The number of nitro benzene ring substituents is 1. The number of aromatic hydroxyl groups is 1. The van der Waals surface area contributed by atoms with Crippen LogP contribution in [0.1, 0.15) is 49.0 Å². The first-order valence-electron chi connectivity index (χ1n) is 10.8. The predicted octanol–water partition coefficient (Wildman–Crippen LogP) is 4.30. The van der Waals surface area contributed by atoms with E-state index in [4.69, 9.17) is 9.47 Å². The van der Waals surface area contributed by atoms with E-state index in [9.17, 15) is 24.8 Å². The fraction of sp³-hybridized carbons (Fsp3) is 0.333. The van der Waals surface area contributed by atoms with Crippen molar-refractivity contribution in [3.63, 3.8) is 0 Å². The van der Waals surface area contributed by atoms with Crippen molar-refractivity contribution in [3.05, 3.63) is 72.7 Å². The van der Waals surface area contributed by atoms with Gasteiger partial charge in [-0.1, -0.05) is 6.07 Å². The van der Waals surface area contributed by atoms with Gasteiger partial charge in [0.05, 0.1) is 24.2 Å². The van der Waals surface area contributed by atoms with Crippen LogP contribution in [-0.2, 0) is 14.3 Å². The van der Waals surface area contributed by atoms with Crippen LogP contribution in [0.25, 0.3) is 0 Å². The van der Waals surface area contributed by atoms with Crippen molar-refractivity contribution in [2.75, 3.05) is 13.7 Å². The fourth-order valence-electron chi connectivity index (χ4n) is 4.65. The zero-order valence-electron chi connectivity index (χ0n) is 18.9. The van der Waals surface area contributed by atoms with Crippen molar-refractivity contribution in [2.45, 2.75) is 38.5 Å². The normalized spacial score (nSPS) is 20.0. The zero-order chi connectivity index (χ0) is 24.6. The van der Waals surface area contributed by atoms with Crippen LogP contribution in [-0.4, -0.2) is 35.5 Å². The highest BCUT2D eigenvalue weighted by Gasteiger charge is 2.42. The van der Waals surface area contributed by atoms with E-state index in [0.29, 0.717) is 29.0 Å². The lowest BCUT2D eigenvalue weighted by atomic mass is 9.72. The number of methoxy groups -OCH3 is 1. The number of esters is 1. The van der Waals surface area contributed by atoms with Gasteiger partial charge in [-0.2, -0.15) is 0 Å². The minimum atomic E-state index is -0.903. The lowest BCUT2D eigenvalue weighted by molar-refractivity contribution is -0.386. The predicted molar refractivity (Wildman–Crippen MR) is 125 cm³/mol. The number of allylic oxidation sites excluding steroid dienone is 3. The molecule has 0 fully saturated rings. The van der Waals surface area contributed by atoms with E-state index >= 15 is 0 Å². The Kier molecular flexibility index (Phi) is 6.43. The molecule has 2 heterocycles. The van der Waals surface area contributed by atoms with Crippen LogP contribution >= 0.6 is 11.3 Å².